The summed E-state index contributed by atoms with van der Waals surface area (Å²) >= 11 is 7.57. The minimum Gasteiger partial charge on any atom is -0.341 e. The first kappa shape index (κ1) is 20.1. The van der Waals surface area contributed by atoms with E-state index in [1.807, 2.05) is 59.3 Å². The predicted octanol–water partition coefficient (Wildman–Crippen LogP) is 5.13. The fourth-order valence-corrected chi connectivity index (χ4v) is 4.09. The number of hydrogen-bond donors (Lipinski definition) is 1. The third-order valence-electron chi connectivity index (χ3n) is 4.82. The molecule has 0 aliphatic heterocycles. The molecule has 0 spiro atoms. The van der Waals surface area contributed by atoms with Crippen molar-refractivity contribution >= 4 is 28.8 Å². The number of aromatic nitrogens is 1. The Morgan fingerprint density at radius 2 is 1.73 bits per heavy atom. The summed E-state index contributed by atoms with van der Waals surface area (Å²) in [5.74, 6) is -0.409. The van der Waals surface area contributed by atoms with Gasteiger partial charge in [0.2, 0.25) is 0 Å². The van der Waals surface area contributed by atoms with Crippen molar-refractivity contribution in [2.24, 2.45) is 0 Å². The molecule has 2 heterocycles. The van der Waals surface area contributed by atoms with Gasteiger partial charge in [-0.05, 0) is 57.8 Å². The Labute approximate surface area is 183 Å². The van der Waals surface area contributed by atoms with E-state index in [0.717, 1.165) is 16.7 Å². The van der Waals surface area contributed by atoms with Crippen LogP contribution < -0.4 is 10.9 Å². The molecule has 4 rings (SSSR count). The molecule has 0 saturated heterocycles. The lowest BCUT2D eigenvalue weighted by Gasteiger charge is -2.19. The van der Waals surface area contributed by atoms with Gasteiger partial charge in [0, 0.05) is 11.2 Å². The molecule has 1 unspecified atom stereocenters. The average molecular weight is 435 g/mol. The first-order chi connectivity index (χ1) is 14.6. The number of amides is 1. The number of halogens is 1. The predicted molar refractivity (Wildman–Crippen MR) is 121 cm³/mol. The van der Waals surface area contributed by atoms with Gasteiger partial charge in [-0.25, -0.2) is 0 Å². The van der Waals surface area contributed by atoms with Crippen molar-refractivity contribution in [2.45, 2.75) is 12.6 Å². The summed E-state index contributed by atoms with van der Waals surface area (Å²) in [5, 5.41) is 7.58. The second-order valence-electron chi connectivity index (χ2n) is 6.86. The number of carbonyl (C=O) groups excluding carboxylic acids is 1. The van der Waals surface area contributed by atoms with Crippen LogP contribution >= 0.6 is 22.9 Å². The van der Waals surface area contributed by atoms with Crippen LogP contribution in [0.1, 0.15) is 33.1 Å². The molecule has 30 heavy (non-hydrogen) atoms. The van der Waals surface area contributed by atoms with Crippen molar-refractivity contribution in [2.75, 3.05) is 0 Å². The maximum Gasteiger partial charge on any atom is 0.263 e. The molecule has 0 bridgehead atoms. The lowest BCUT2D eigenvalue weighted by molar-refractivity contribution is 0.0941. The van der Waals surface area contributed by atoms with Crippen LogP contribution in [-0.4, -0.2) is 10.5 Å². The summed E-state index contributed by atoms with van der Waals surface area (Å²) in [5.41, 5.74) is 2.64. The second kappa shape index (κ2) is 9.11. The molecule has 0 saturated carbocycles. The van der Waals surface area contributed by atoms with E-state index in [2.05, 4.69) is 5.32 Å². The van der Waals surface area contributed by atoms with E-state index in [9.17, 15) is 9.59 Å². The molecule has 150 valence electrons. The molecule has 1 amide bonds. The Hall–Kier alpha value is -3.15. The fraction of sp³-hybridized carbons (Fsp3) is 0.0833. The summed E-state index contributed by atoms with van der Waals surface area (Å²) in [7, 11) is 0. The highest BCUT2D eigenvalue weighted by Crippen LogP contribution is 2.25. The molecular weight excluding hydrogens is 416 g/mol. The van der Waals surface area contributed by atoms with Crippen molar-refractivity contribution in [3.63, 3.8) is 0 Å². The van der Waals surface area contributed by atoms with E-state index in [4.69, 9.17) is 11.6 Å². The van der Waals surface area contributed by atoms with Crippen molar-refractivity contribution < 1.29 is 4.79 Å². The van der Waals surface area contributed by atoms with Crippen molar-refractivity contribution in [1.29, 1.82) is 0 Å². The number of rotatable bonds is 6. The number of nitrogens with one attached hydrogen (secondary N) is 1. The van der Waals surface area contributed by atoms with Crippen LogP contribution in [0, 0.1) is 0 Å². The van der Waals surface area contributed by atoms with E-state index in [-0.39, 0.29) is 17.2 Å². The number of pyridine rings is 1. The number of carbonyl (C=O) groups is 1. The Balaban J connectivity index is 1.62. The van der Waals surface area contributed by atoms with Gasteiger partial charge in [0.15, 0.2) is 0 Å². The lowest BCUT2D eigenvalue weighted by Crippen LogP contribution is -2.35. The normalized spacial score (nSPS) is 11.8. The Bertz CT molecular complexity index is 1190. The molecule has 0 radical (unpaired) electrons. The monoisotopic (exact) mass is 434 g/mol. The second-order valence-corrected chi connectivity index (χ2v) is 8.07. The zero-order chi connectivity index (χ0) is 20.9. The Morgan fingerprint density at radius 3 is 2.43 bits per heavy atom. The minimum atomic E-state index is -0.409. The lowest BCUT2D eigenvalue weighted by atomic mass is 10.0. The number of thiophene rings is 1. The van der Waals surface area contributed by atoms with Crippen LogP contribution in [0.2, 0.25) is 5.02 Å². The highest BCUT2D eigenvalue weighted by molar-refractivity contribution is 7.08. The summed E-state index contributed by atoms with van der Waals surface area (Å²) in [6, 6.07) is 21.9. The molecule has 0 aliphatic rings. The average Bonchev–Trinajstić information content (AvgIpc) is 3.29. The first-order valence-corrected chi connectivity index (χ1v) is 10.8. The van der Waals surface area contributed by atoms with Crippen molar-refractivity contribution in [3.8, 4) is 0 Å². The van der Waals surface area contributed by atoms with E-state index in [1.165, 1.54) is 0 Å². The Morgan fingerprint density at radius 1 is 0.967 bits per heavy atom. The molecule has 2 aromatic carbocycles. The summed E-state index contributed by atoms with van der Waals surface area (Å²) in [4.78, 5) is 26.0. The van der Waals surface area contributed by atoms with E-state index in [1.54, 1.807) is 46.4 Å². The Kier molecular flexibility index (Phi) is 6.12. The van der Waals surface area contributed by atoms with Crippen LogP contribution in [0.25, 0.3) is 0 Å². The standard InChI is InChI=1S/C24H19ClN2O2S/c25-20-10-8-18(9-11-20)22(19-12-14-30-16-19)26-23(28)21-7-4-13-27(24(21)29)15-17-5-2-1-3-6-17/h1-14,16,22H,15H2,(H,26,28). The maximum atomic E-state index is 13.1. The number of nitrogens with zero attached hydrogens (tertiary/aromatic N) is 1. The third kappa shape index (κ3) is 4.53. The summed E-state index contributed by atoms with van der Waals surface area (Å²) in [6.07, 6.45) is 1.70. The highest BCUT2D eigenvalue weighted by Gasteiger charge is 2.20. The molecule has 2 aromatic heterocycles. The van der Waals surface area contributed by atoms with Crippen molar-refractivity contribution in [1.82, 2.24) is 9.88 Å². The van der Waals surface area contributed by atoms with E-state index >= 15 is 0 Å². The molecule has 4 nitrogen and oxygen atoms in total. The van der Waals surface area contributed by atoms with Crippen LogP contribution in [0.5, 0.6) is 0 Å². The summed E-state index contributed by atoms with van der Waals surface area (Å²) in [6.45, 7) is 0.409. The van der Waals surface area contributed by atoms with Crippen LogP contribution in [0.4, 0.5) is 0 Å². The van der Waals surface area contributed by atoms with Gasteiger partial charge < -0.3 is 9.88 Å². The van der Waals surface area contributed by atoms with Gasteiger partial charge in [-0.15, -0.1) is 0 Å². The molecule has 0 aliphatic carbocycles. The zero-order valence-corrected chi connectivity index (χ0v) is 17.6. The topological polar surface area (TPSA) is 51.1 Å². The van der Waals surface area contributed by atoms with E-state index in [0.29, 0.717) is 11.6 Å². The van der Waals surface area contributed by atoms with Crippen molar-refractivity contribution in [3.05, 3.63) is 127 Å². The first-order valence-electron chi connectivity index (χ1n) is 9.43. The zero-order valence-electron chi connectivity index (χ0n) is 16.0. The SMILES string of the molecule is O=C(NC(c1ccc(Cl)cc1)c1ccsc1)c1cccn(Cc2ccccc2)c1=O. The molecular formula is C24H19ClN2O2S. The van der Waals surface area contributed by atoms with Crippen LogP contribution in [-0.2, 0) is 6.54 Å². The van der Waals surface area contributed by atoms with Crippen LogP contribution in [0.3, 0.4) is 0 Å². The smallest absolute Gasteiger partial charge is 0.263 e. The van der Waals surface area contributed by atoms with Gasteiger partial charge in [-0.2, -0.15) is 11.3 Å². The van der Waals surface area contributed by atoms with E-state index < -0.39 is 5.91 Å². The molecule has 1 N–H and O–H groups in total. The summed E-state index contributed by atoms with van der Waals surface area (Å²) < 4.78 is 1.55. The molecule has 4 aromatic rings. The number of hydrogen-bond acceptors (Lipinski definition) is 3. The van der Waals surface area contributed by atoms with Gasteiger partial charge in [-0.3, -0.25) is 9.59 Å². The highest BCUT2D eigenvalue weighted by atomic mass is 35.5. The van der Waals surface area contributed by atoms with Crippen LogP contribution in [0.15, 0.2) is 94.5 Å². The number of benzene rings is 2. The minimum absolute atomic E-state index is 0.114. The van der Waals surface area contributed by atoms with Gasteiger partial charge in [0.05, 0.1) is 12.6 Å². The quantitative estimate of drug-likeness (QED) is 0.457. The maximum absolute atomic E-state index is 13.1. The molecule has 1 atom stereocenters. The fourth-order valence-electron chi connectivity index (χ4n) is 3.28. The molecule has 6 heteroatoms. The van der Waals surface area contributed by atoms with Gasteiger partial charge in [0.25, 0.3) is 11.5 Å². The molecule has 0 fully saturated rings. The largest absolute Gasteiger partial charge is 0.341 e. The van der Waals surface area contributed by atoms with Gasteiger partial charge in [0.1, 0.15) is 5.56 Å². The van der Waals surface area contributed by atoms with Gasteiger partial charge in [-0.1, -0.05) is 54.1 Å². The van der Waals surface area contributed by atoms with Gasteiger partial charge >= 0.3 is 0 Å². The third-order valence-corrected chi connectivity index (χ3v) is 5.77.